The lowest BCUT2D eigenvalue weighted by Crippen LogP contribution is -2.08. The highest BCUT2D eigenvalue weighted by Crippen LogP contribution is 2.22. The van der Waals surface area contributed by atoms with Crippen LogP contribution in [0.5, 0.6) is 11.6 Å². The fourth-order valence-corrected chi connectivity index (χ4v) is 2.33. The zero-order valence-corrected chi connectivity index (χ0v) is 14.0. The van der Waals surface area contributed by atoms with Crippen molar-refractivity contribution < 1.29 is 13.9 Å². The van der Waals surface area contributed by atoms with Crippen molar-refractivity contribution in [1.29, 1.82) is 0 Å². The molecule has 0 aliphatic rings. The van der Waals surface area contributed by atoms with Crippen molar-refractivity contribution in [3.8, 4) is 11.6 Å². The minimum absolute atomic E-state index is 0.353. The Morgan fingerprint density at radius 3 is 2.77 bits per heavy atom. The van der Waals surface area contributed by atoms with Crippen LogP contribution in [-0.2, 0) is 4.79 Å². The van der Waals surface area contributed by atoms with Crippen molar-refractivity contribution in [2.45, 2.75) is 6.92 Å². The first-order chi connectivity index (χ1) is 12.6. The fourth-order valence-electron chi connectivity index (χ4n) is 2.33. The number of nitrogens with zero attached hydrogens (tertiary/aromatic N) is 2. The average molecular weight is 349 g/mol. The molecule has 2 aromatic carbocycles. The molecule has 0 saturated heterocycles. The number of anilines is 1. The fraction of sp³-hybridized carbons (Fsp3) is 0.0500. The maximum atomic E-state index is 13.8. The minimum atomic E-state index is -0.367. The van der Waals surface area contributed by atoms with E-state index < -0.39 is 0 Å². The molecular formula is C20H16FN3O2. The molecule has 3 aromatic rings. The first kappa shape index (κ1) is 17.3. The summed E-state index contributed by atoms with van der Waals surface area (Å²) in [4.78, 5) is 20.2. The van der Waals surface area contributed by atoms with Gasteiger partial charge in [-0.15, -0.1) is 0 Å². The maximum absolute atomic E-state index is 13.8. The number of allylic oxidation sites excluding steroid dienone is 1. The van der Waals surface area contributed by atoms with Gasteiger partial charge in [0.25, 0.3) is 0 Å². The number of amides is 1. The molecule has 26 heavy (non-hydrogen) atoms. The van der Waals surface area contributed by atoms with Gasteiger partial charge in [0, 0.05) is 35.8 Å². The quantitative estimate of drug-likeness (QED) is 0.691. The molecule has 130 valence electrons. The van der Waals surface area contributed by atoms with Gasteiger partial charge in [0.2, 0.25) is 11.8 Å². The summed E-state index contributed by atoms with van der Waals surface area (Å²) in [6.07, 6.45) is 5.92. The normalized spacial score (nSPS) is 11.1. The van der Waals surface area contributed by atoms with E-state index in [1.54, 1.807) is 55.6 Å². The predicted molar refractivity (Wildman–Crippen MR) is 97.2 cm³/mol. The Bertz CT molecular complexity index is 943. The molecule has 1 N–H and O–H groups in total. The number of rotatable bonds is 5. The average Bonchev–Trinajstić information content (AvgIpc) is 2.63. The van der Waals surface area contributed by atoms with E-state index in [1.807, 2.05) is 0 Å². The molecule has 0 fully saturated rings. The standard InChI is InChI=1S/C20H16FN3O2/c1-14(17-7-2-3-8-18(17)21)11-19(25)24-15-5-4-6-16(12-15)26-20-13-22-9-10-23-20/h2-13H,1H3,(H,24,25). The highest BCUT2D eigenvalue weighted by atomic mass is 19.1. The molecule has 0 bridgehead atoms. The molecule has 5 nitrogen and oxygen atoms in total. The molecule has 0 atom stereocenters. The van der Waals surface area contributed by atoms with Crippen LogP contribution >= 0.6 is 0 Å². The van der Waals surface area contributed by atoms with Crippen molar-refractivity contribution in [3.63, 3.8) is 0 Å². The van der Waals surface area contributed by atoms with Crippen LogP contribution < -0.4 is 10.1 Å². The molecular weight excluding hydrogens is 333 g/mol. The highest BCUT2D eigenvalue weighted by molar-refractivity contribution is 6.03. The SMILES string of the molecule is CC(=CC(=O)Nc1cccc(Oc2cnccn2)c1)c1ccccc1F. The smallest absolute Gasteiger partial charge is 0.248 e. The number of carbonyl (C=O) groups is 1. The van der Waals surface area contributed by atoms with Crippen LogP contribution in [0.25, 0.3) is 5.57 Å². The number of halogens is 1. The van der Waals surface area contributed by atoms with Gasteiger partial charge in [-0.05, 0) is 30.7 Å². The van der Waals surface area contributed by atoms with Crippen LogP contribution in [0, 0.1) is 5.82 Å². The molecule has 0 unspecified atom stereocenters. The van der Waals surface area contributed by atoms with Crippen molar-refractivity contribution >= 4 is 17.2 Å². The lowest BCUT2D eigenvalue weighted by atomic mass is 10.1. The lowest BCUT2D eigenvalue weighted by Gasteiger charge is -2.08. The van der Waals surface area contributed by atoms with Crippen LogP contribution in [-0.4, -0.2) is 15.9 Å². The van der Waals surface area contributed by atoms with Gasteiger partial charge in [-0.25, -0.2) is 9.37 Å². The Balaban J connectivity index is 1.71. The van der Waals surface area contributed by atoms with Crippen molar-refractivity contribution in [1.82, 2.24) is 9.97 Å². The van der Waals surface area contributed by atoms with E-state index in [0.29, 0.717) is 28.5 Å². The van der Waals surface area contributed by atoms with Gasteiger partial charge in [-0.3, -0.25) is 9.78 Å². The van der Waals surface area contributed by atoms with E-state index in [-0.39, 0.29) is 11.7 Å². The maximum Gasteiger partial charge on any atom is 0.248 e. The first-order valence-electron chi connectivity index (χ1n) is 7.90. The minimum Gasteiger partial charge on any atom is -0.437 e. The third kappa shape index (κ3) is 4.51. The molecule has 0 radical (unpaired) electrons. The summed E-state index contributed by atoms with van der Waals surface area (Å²) < 4.78 is 19.4. The van der Waals surface area contributed by atoms with Gasteiger partial charge in [0.05, 0.1) is 6.20 Å². The van der Waals surface area contributed by atoms with Crippen LogP contribution in [0.2, 0.25) is 0 Å². The summed E-state index contributed by atoms with van der Waals surface area (Å²) in [5, 5.41) is 2.73. The van der Waals surface area contributed by atoms with E-state index in [4.69, 9.17) is 4.74 Å². The number of nitrogens with one attached hydrogen (secondary N) is 1. The Labute approximate surface area is 150 Å². The largest absolute Gasteiger partial charge is 0.437 e. The summed E-state index contributed by atoms with van der Waals surface area (Å²) in [5.41, 5.74) is 1.48. The van der Waals surface area contributed by atoms with E-state index >= 15 is 0 Å². The van der Waals surface area contributed by atoms with Crippen LogP contribution in [0.1, 0.15) is 12.5 Å². The second-order valence-electron chi connectivity index (χ2n) is 5.47. The van der Waals surface area contributed by atoms with Gasteiger partial charge >= 0.3 is 0 Å². The van der Waals surface area contributed by atoms with Crippen LogP contribution in [0.3, 0.4) is 0 Å². The Morgan fingerprint density at radius 1 is 1.15 bits per heavy atom. The van der Waals surface area contributed by atoms with Gasteiger partial charge in [0.1, 0.15) is 11.6 Å². The predicted octanol–water partition coefficient (Wildman–Crippen LogP) is 4.45. The summed E-state index contributed by atoms with van der Waals surface area (Å²) in [7, 11) is 0. The molecule has 1 amide bonds. The van der Waals surface area contributed by atoms with Crippen molar-refractivity contribution in [2.75, 3.05) is 5.32 Å². The summed E-state index contributed by atoms with van der Waals surface area (Å²) in [6, 6.07) is 13.2. The number of carbonyl (C=O) groups excluding carboxylic acids is 1. The Morgan fingerprint density at radius 2 is 2.00 bits per heavy atom. The van der Waals surface area contributed by atoms with E-state index in [0.717, 1.165) is 0 Å². The van der Waals surface area contributed by atoms with Crippen molar-refractivity contribution in [2.24, 2.45) is 0 Å². The van der Waals surface area contributed by atoms with Crippen LogP contribution in [0.15, 0.2) is 73.2 Å². The zero-order valence-electron chi connectivity index (χ0n) is 14.0. The number of hydrogen-bond acceptors (Lipinski definition) is 4. The zero-order chi connectivity index (χ0) is 18.4. The topological polar surface area (TPSA) is 64.1 Å². The highest BCUT2D eigenvalue weighted by Gasteiger charge is 2.06. The molecule has 0 saturated carbocycles. The second kappa shape index (κ2) is 8.02. The number of aromatic nitrogens is 2. The molecule has 1 aromatic heterocycles. The molecule has 1 heterocycles. The monoisotopic (exact) mass is 349 g/mol. The first-order valence-corrected chi connectivity index (χ1v) is 7.90. The summed E-state index contributed by atoms with van der Waals surface area (Å²) in [5.74, 6) is 0.139. The number of benzene rings is 2. The third-order valence-corrected chi connectivity index (χ3v) is 3.51. The molecule has 3 rings (SSSR count). The van der Waals surface area contributed by atoms with Gasteiger partial charge < -0.3 is 10.1 Å². The second-order valence-corrected chi connectivity index (χ2v) is 5.47. The van der Waals surface area contributed by atoms with E-state index in [2.05, 4.69) is 15.3 Å². The summed E-state index contributed by atoms with van der Waals surface area (Å²) >= 11 is 0. The lowest BCUT2D eigenvalue weighted by molar-refractivity contribution is -0.111. The van der Waals surface area contributed by atoms with Crippen molar-refractivity contribution in [3.05, 3.63) is 84.6 Å². The number of ether oxygens (including phenoxy) is 1. The molecule has 6 heteroatoms. The molecule has 0 aliphatic carbocycles. The van der Waals surface area contributed by atoms with E-state index in [9.17, 15) is 9.18 Å². The Kier molecular flexibility index (Phi) is 5.34. The van der Waals surface area contributed by atoms with E-state index in [1.165, 1.54) is 24.5 Å². The molecule has 0 spiro atoms. The molecule has 0 aliphatic heterocycles. The van der Waals surface area contributed by atoms with Gasteiger partial charge in [-0.2, -0.15) is 0 Å². The Hall–Kier alpha value is -3.54. The summed E-state index contributed by atoms with van der Waals surface area (Å²) in [6.45, 7) is 1.69. The van der Waals surface area contributed by atoms with Gasteiger partial charge in [-0.1, -0.05) is 24.3 Å². The number of hydrogen-bond donors (Lipinski definition) is 1. The third-order valence-electron chi connectivity index (χ3n) is 3.51. The van der Waals surface area contributed by atoms with Gasteiger partial charge in [0.15, 0.2) is 0 Å². The van der Waals surface area contributed by atoms with Crippen LogP contribution in [0.4, 0.5) is 10.1 Å².